The fourth-order valence-electron chi connectivity index (χ4n) is 2.78. The summed E-state index contributed by atoms with van der Waals surface area (Å²) in [5.74, 6) is 0.429. The Hall–Kier alpha value is -2.25. The van der Waals surface area contributed by atoms with Crippen LogP contribution in [0.25, 0.3) is 0 Å². The summed E-state index contributed by atoms with van der Waals surface area (Å²) in [6.45, 7) is 0.112. The lowest BCUT2D eigenvalue weighted by Gasteiger charge is -2.01. The van der Waals surface area contributed by atoms with Gasteiger partial charge < -0.3 is 9.47 Å². The van der Waals surface area contributed by atoms with Crippen LogP contribution in [-0.2, 0) is 9.84 Å². The number of nitrogens with zero attached hydrogens (tertiary/aromatic N) is 2. The molecule has 0 aromatic heterocycles. The van der Waals surface area contributed by atoms with Crippen molar-refractivity contribution in [3.8, 4) is 23.6 Å². The number of hydrogen-bond acceptors (Lipinski definition) is 6. The van der Waals surface area contributed by atoms with E-state index in [9.17, 15) is 18.9 Å². The van der Waals surface area contributed by atoms with Crippen molar-refractivity contribution in [3.63, 3.8) is 0 Å². The molecule has 2 aliphatic rings. The Kier molecular flexibility index (Phi) is 2.47. The molecule has 0 bridgehead atoms. The molecule has 102 valence electrons. The maximum Gasteiger partial charge on any atom is 0.231 e. The molecule has 0 unspecified atom stereocenters. The third-order valence-electron chi connectivity index (χ3n) is 3.72. The van der Waals surface area contributed by atoms with Crippen LogP contribution >= 0.6 is 0 Å². The van der Waals surface area contributed by atoms with Gasteiger partial charge in [-0.25, -0.2) is 8.42 Å². The molecule has 1 aromatic rings. The molecule has 3 rings (SSSR count). The number of nitriles is 2. The van der Waals surface area contributed by atoms with Crippen molar-refractivity contribution in [1.82, 2.24) is 0 Å². The number of sulfone groups is 1. The first-order valence-corrected chi connectivity index (χ1v) is 7.80. The van der Waals surface area contributed by atoms with Gasteiger partial charge in [-0.1, -0.05) is 6.07 Å². The maximum absolute atomic E-state index is 11.8. The Balaban J connectivity index is 2.07. The van der Waals surface area contributed by atoms with Crippen LogP contribution in [0.2, 0.25) is 0 Å². The van der Waals surface area contributed by atoms with Crippen LogP contribution in [0.3, 0.4) is 0 Å². The lowest BCUT2D eigenvalue weighted by Crippen LogP contribution is -2.11. The Morgan fingerprint density at radius 2 is 1.90 bits per heavy atom. The van der Waals surface area contributed by atoms with E-state index in [0.29, 0.717) is 17.1 Å². The highest BCUT2D eigenvalue weighted by atomic mass is 32.2. The summed E-state index contributed by atoms with van der Waals surface area (Å²) in [5.41, 5.74) is -0.908. The molecule has 1 aliphatic heterocycles. The van der Waals surface area contributed by atoms with Gasteiger partial charge in [-0.05, 0) is 17.7 Å². The Morgan fingerprint density at radius 3 is 2.45 bits per heavy atom. The zero-order valence-electron chi connectivity index (χ0n) is 10.5. The van der Waals surface area contributed by atoms with Crippen molar-refractivity contribution in [2.24, 2.45) is 5.41 Å². The zero-order chi connectivity index (χ0) is 14.5. The van der Waals surface area contributed by atoms with Crippen LogP contribution in [-0.4, -0.2) is 26.7 Å². The smallest absolute Gasteiger partial charge is 0.231 e. The molecule has 1 aromatic carbocycles. The average Bonchev–Trinajstić information content (AvgIpc) is 2.89. The van der Waals surface area contributed by atoms with Gasteiger partial charge in [-0.15, -0.1) is 0 Å². The summed E-state index contributed by atoms with van der Waals surface area (Å²) in [5, 5.41) is 17.5. The highest BCUT2D eigenvalue weighted by molar-refractivity contribution is 7.91. The second-order valence-electron chi connectivity index (χ2n) is 4.93. The van der Waals surface area contributed by atoms with E-state index in [0.717, 1.165) is 6.26 Å². The normalized spacial score (nSPS) is 25.6. The minimum atomic E-state index is -3.49. The van der Waals surface area contributed by atoms with Crippen molar-refractivity contribution >= 4 is 9.84 Å². The van der Waals surface area contributed by atoms with E-state index < -0.39 is 26.4 Å². The molecule has 1 fully saturated rings. The van der Waals surface area contributed by atoms with Gasteiger partial charge >= 0.3 is 0 Å². The van der Waals surface area contributed by atoms with Crippen molar-refractivity contribution in [3.05, 3.63) is 23.8 Å². The fraction of sp³-hybridized carbons (Fsp3) is 0.385. The summed E-state index contributed by atoms with van der Waals surface area (Å²) in [4.78, 5) is 0. The molecule has 2 atom stereocenters. The van der Waals surface area contributed by atoms with Gasteiger partial charge in [0.1, 0.15) is 5.25 Å². The summed E-state index contributed by atoms with van der Waals surface area (Å²) in [6.07, 6.45) is 1.05. The molecule has 20 heavy (non-hydrogen) atoms. The highest BCUT2D eigenvalue weighted by Gasteiger charge is 2.72. The summed E-state index contributed by atoms with van der Waals surface area (Å²) >= 11 is 0. The third kappa shape index (κ3) is 1.57. The summed E-state index contributed by atoms with van der Waals surface area (Å²) in [7, 11) is -3.49. The van der Waals surface area contributed by atoms with E-state index in [1.54, 1.807) is 18.2 Å². The lowest BCUT2D eigenvalue weighted by molar-refractivity contribution is 0.174. The average molecular weight is 290 g/mol. The largest absolute Gasteiger partial charge is 0.454 e. The molecule has 0 amide bonds. The first kappa shape index (κ1) is 12.8. The molecule has 0 saturated heterocycles. The van der Waals surface area contributed by atoms with Gasteiger partial charge in [0.2, 0.25) is 6.79 Å². The van der Waals surface area contributed by atoms with Crippen molar-refractivity contribution in [1.29, 1.82) is 10.5 Å². The number of ether oxygens (including phenoxy) is 2. The van der Waals surface area contributed by atoms with Crippen LogP contribution in [0, 0.1) is 28.1 Å². The molecule has 0 spiro atoms. The van der Waals surface area contributed by atoms with Gasteiger partial charge in [0, 0.05) is 12.2 Å². The SMILES string of the molecule is CS(=O)(=O)[C@H]1[C@@H](c2ccc3c(c2)OCO3)C1(C#N)C#N. The fourth-order valence-corrected chi connectivity index (χ4v) is 4.49. The van der Waals surface area contributed by atoms with Crippen LogP contribution in [0.5, 0.6) is 11.5 Å². The first-order chi connectivity index (χ1) is 9.44. The van der Waals surface area contributed by atoms with Gasteiger partial charge in [-0.3, -0.25) is 0 Å². The molecule has 0 radical (unpaired) electrons. The van der Waals surface area contributed by atoms with Crippen LogP contribution < -0.4 is 9.47 Å². The standard InChI is InChI=1S/C13H10N2O4S/c1-20(16,17)12-11(13(12,5-14)6-15)8-2-3-9-10(4-8)19-7-18-9/h2-4,11-12H,7H2,1H3/t11-,12+/m1/s1. The number of hydrogen-bond donors (Lipinski definition) is 0. The number of fused-ring (bicyclic) bond motifs is 1. The van der Waals surface area contributed by atoms with Crippen LogP contribution in [0.15, 0.2) is 18.2 Å². The zero-order valence-corrected chi connectivity index (χ0v) is 11.3. The Morgan fingerprint density at radius 1 is 1.25 bits per heavy atom. The monoisotopic (exact) mass is 290 g/mol. The van der Waals surface area contributed by atoms with E-state index in [1.165, 1.54) is 0 Å². The third-order valence-corrected chi connectivity index (χ3v) is 5.29. The molecular weight excluding hydrogens is 280 g/mol. The van der Waals surface area contributed by atoms with E-state index in [1.807, 2.05) is 12.1 Å². The van der Waals surface area contributed by atoms with Crippen molar-refractivity contribution in [2.45, 2.75) is 11.2 Å². The minimum Gasteiger partial charge on any atom is -0.454 e. The van der Waals surface area contributed by atoms with E-state index in [-0.39, 0.29) is 6.79 Å². The van der Waals surface area contributed by atoms with E-state index in [4.69, 9.17) is 9.47 Å². The van der Waals surface area contributed by atoms with Gasteiger partial charge in [-0.2, -0.15) is 10.5 Å². The summed E-state index contributed by atoms with van der Waals surface area (Å²) in [6, 6.07) is 8.70. The predicted octanol–water partition coefficient (Wildman–Crippen LogP) is 0.959. The van der Waals surface area contributed by atoms with Gasteiger partial charge in [0.25, 0.3) is 0 Å². The summed E-state index contributed by atoms with van der Waals surface area (Å²) < 4.78 is 34.0. The molecule has 1 aliphatic carbocycles. The second-order valence-corrected chi connectivity index (χ2v) is 7.10. The lowest BCUT2D eigenvalue weighted by atomic mass is 10.0. The topological polar surface area (TPSA) is 100 Å². The van der Waals surface area contributed by atoms with Gasteiger partial charge in [0.15, 0.2) is 26.8 Å². The van der Waals surface area contributed by atoms with Crippen molar-refractivity contribution in [2.75, 3.05) is 13.0 Å². The van der Waals surface area contributed by atoms with Crippen LogP contribution in [0.1, 0.15) is 11.5 Å². The molecule has 1 saturated carbocycles. The quantitative estimate of drug-likeness (QED) is 0.804. The predicted molar refractivity (Wildman–Crippen MR) is 67.6 cm³/mol. The Bertz CT molecular complexity index is 759. The van der Waals surface area contributed by atoms with E-state index in [2.05, 4.69) is 0 Å². The number of rotatable bonds is 2. The molecule has 6 nitrogen and oxygen atoms in total. The second kappa shape index (κ2) is 3.87. The molecular formula is C13H10N2O4S. The van der Waals surface area contributed by atoms with Gasteiger partial charge in [0.05, 0.1) is 12.1 Å². The molecule has 1 heterocycles. The highest BCUT2D eigenvalue weighted by Crippen LogP contribution is 2.62. The minimum absolute atomic E-state index is 0.112. The Labute approximate surface area is 116 Å². The van der Waals surface area contributed by atoms with E-state index >= 15 is 0 Å². The maximum atomic E-state index is 11.8. The molecule has 0 N–H and O–H groups in total. The first-order valence-electron chi connectivity index (χ1n) is 5.85. The molecule has 7 heteroatoms. The number of benzene rings is 1. The van der Waals surface area contributed by atoms with Crippen LogP contribution in [0.4, 0.5) is 0 Å². The van der Waals surface area contributed by atoms with Crippen molar-refractivity contribution < 1.29 is 17.9 Å².